The van der Waals surface area contributed by atoms with Gasteiger partial charge in [0.25, 0.3) is 0 Å². The minimum Gasteiger partial charge on any atom is -0.478 e. The topological polar surface area (TPSA) is 49.8 Å². The summed E-state index contributed by atoms with van der Waals surface area (Å²) in [6.45, 7) is 4.41. The van der Waals surface area contributed by atoms with Crippen LogP contribution in [-0.2, 0) is 16.1 Å². The molecule has 0 aliphatic carbocycles. The maximum Gasteiger partial charge on any atom is 0.336 e. The molecule has 4 nitrogen and oxygen atoms in total. The molecule has 1 atom stereocenters. The van der Waals surface area contributed by atoms with Crippen LogP contribution in [-0.4, -0.2) is 23.9 Å². The van der Waals surface area contributed by atoms with Gasteiger partial charge in [-0.05, 0) is 49.2 Å². The van der Waals surface area contributed by atoms with Gasteiger partial charge in [-0.1, -0.05) is 34.1 Å². The van der Waals surface area contributed by atoms with E-state index in [4.69, 9.17) is 4.74 Å². The quantitative estimate of drug-likeness (QED) is 0.753. The van der Waals surface area contributed by atoms with Gasteiger partial charge in [-0.2, -0.15) is 0 Å². The predicted molar refractivity (Wildman–Crippen MR) is 102 cm³/mol. The molecule has 0 spiro atoms. The first kappa shape index (κ1) is 18.6. The molecule has 136 valence electrons. The van der Waals surface area contributed by atoms with E-state index in [0.717, 1.165) is 21.3 Å². The second-order valence-electron chi connectivity index (χ2n) is 6.07. The van der Waals surface area contributed by atoms with Crippen molar-refractivity contribution in [3.8, 4) is 0 Å². The number of carboxylic acids is 1. The summed E-state index contributed by atoms with van der Waals surface area (Å²) in [6, 6.07) is 11.9. The molecule has 2 aromatic rings. The molecule has 1 aliphatic rings. The maximum atomic E-state index is 13.2. The molecule has 2 aromatic carbocycles. The van der Waals surface area contributed by atoms with Crippen molar-refractivity contribution in [1.82, 2.24) is 0 Å². The lowest BCUT2D eigenvalue weighted by molar-refractivity contribution is -0.134. The highest BCUT2D eigenvalue weighted by Gasteiger charge is 2.36. The summed E-state index contributed by atoms with van der Waals surface area (Å²) < 4.78 is 20.0. The van der Waals surface area contributed by atoms with E-state index in [-0.39, 0.29) is 11.4 Å². The fraction of sp³-hybridized carbons (Fsp3) is 0.250. The predicted octanol–water partition coefficient (Wildman–Crippen LogP) is 4.83. The molecule has 0 saturated heterocycles. The van der Waals surface area contributed by atoms with E-state index in [9.17, 15) is 14.3 Å². The average molecular weight is 420 g/mol. The first-order valence-electron chi connectivity index (χ1n) is 8.29. The van der Waals surface area contributed by atoms with E-state index in [1.165, 1.54) is 12.1 Å². The molecule has 1 heterocycles. The van der Waals surface area contributed by atoms with Crippen LogP contribution in [0.4, 0.5) is 10.1 Å². The summed E-state index contributed by atoms with van der Waals surface area (Å²) >= 11 is 3.49. The van der Waals surface area contributed by atoms with Crippen LogP contribution in [0.3, 0.4) is 0 Å². The van der Waals surface area contributed by atoms with Gasteiger partial charge in [-0.25, -0.2) is 9.18 Å². The number of anilines is 1. The van der Waals surface area contributed by atoms with E-state index in [1.807, 2.05) is 30.0 Å². The number of carboxylic acid groups (broad SMARTS) is 1. The zero-order valence-electron chi connectivity index (χ0n) is 14.5. The van der Waals surface area contributed by atoms with Gasteiger partial charge in [-0.3, -0.25) is 0 Å². The fourth-order valence-corrected chi connectivity index (χ4v) is 3.57. The highest BCUT2D eigenvalue weighted by atomic mass is 79.9. The average Bonchev–Trinajstić information content (AvgIpc) is 2.59. The van der Waals surface area contributed by atoms with Crippen molar-refractivity contribution in [3.63, 3.8) is 0 Å². The van der Waals surface area contributed by atoms with Crippen LogP contribution in [0.1, 0.15) is 25.0 Å². The largest absolute Gasteiger partial charge is 0.478 e. The van der Waals surface area contributed by atoms with Crippen LogP contribution in [0.25, 0.3) is 5.57 Å². The maximum absolute atomic E-state index is 13.2. The third-order valence-corrected chi connectivity index (χ3v) is 4.92. The first-order chi connectivity index (χ1) is 12.4. The number of rotatable bonds is 5. The number of halogens is 2. The summed E-state index contributed by atoms with van der Waals surface area (Å²) in [6.07, 6.45) is -0.718. The molecule has 3 rings (SSSR count). The van der Waals surface area contributed by atoms with Crippen LogP contribution in [0.15, 0.2) is 52.5 Å². The van der Waals surface area contributed by atoms with Crippen LogP contribution in [0.5, 0.6) is 0 Å². The first-order valence-corrected chi connectivity index (χ1v) is 9.08. The highest BCUT2D eigenvalue weighted by Crippen LogP contribution is 2.40. The van der Waals surface area contributed by atoms with Gasteiger partial charge in [-0.15, -0.1) is 0 Å². The molecule has 26 heavy (non-hydrogen) atoms. The van der Waals surface area contributed by atoms with E-state index < -0.39 is 12.2 Å². The Labute approximate surface area is 160 Å². The third-order valence-electron chi connectivity index (χ3n) is 4.43. The van der Waals surface area contributed by atoms with Gasteiger partial charge in [0.2, 0.25) is 0 Å². The van der Waals surface area contributed by atoms with Crippen molar-refractivity contribution in [2.75, 3.05) is 11.5 Å². The summed E-state index contributed by atoms with van der Waals surface area (Å²) in [7, 11) is 0. The van der Waals surface area contributed by atoms with Gasteiger partial charge in [0, 0.05) is 28.9 Å². The Hall–Kier alpha value is -2.18. The molecule has 1 aliphatic heterocycles. The van der Waals surface area contributed by atoms with E-state index in [0.29, 0.717) is 18.7 Å². The van der Waals surface area contributed by atoms with Crippen LogP contribution in [0, 0.1) is 5.82 Å². The lowest BCUT2D eigenvalue weighted by Crippen LogP contribution is -2.43. The molecule has 0 bridgehead atoms. The minimum atomic E-state index is -1.00. The number of nitrogens with zero attached hydrogens (tertiary/aromatic N) is 1. The van der Waals surface area contributed by atoms with Crippen molar-refractivity contribution >= 4 is 33.2 Å². The molecule has 1 N–H and O–H groups in total. The van der Waals surface area contributed by atoms with Crippen LogP contribution >= 0.6 is 15.9 Å². The van der Waals surface area contributed by atoms with Gasteiger partial charge in [0.05, 0.1) is 5.57 Å². The van der Waals surface area contributed by atoms with Crippen molar-refractivity contribution in [1.29, 1.82) is 0 Å². The molecular formula is C20H19BrFNO3. The number of aliphatic carboxylic acids is 1. The number of fused-ring (bicyclic) bond motifs is 1. The third kappa shape index (κ3) is 3.52. The Bertz CT molecular complexity index is 864. The van der Waals surface area contributed by atoms with Gasteiger partial charge in [0.15, 0.2) is 6.23 Å². The number of hydrogen-bond acceptors (Lipinski definition) is 3. The normalized spacial score (nSPS) is 16.6. The number of ether oxygens (including phenoxy) is 1. The monoisotopic (exact) mass is 419 g/mol. The number of hydrogen-bond donors (Lipinski definition) is 1. The van der Waals surface area contributed by atoms with Crippen molar-refractivity contribution in [2.45, 2.75) is 26.6 Å². The lowest BCUT2D eigenvalue weighted by atomic mass is 9.92. The SMILES string of the molecule is CCOC1C(C(=O)O)=C(C)c2ccc(Br)cc2N1Cc1ccc(F)cc1. The Balaban J connectivity index is 2.14. The number of allylic oxidation sites excluding steroid dienone is 1. The van der Waals surface area contributed by atoms with Crippen LogP contribution in [0.2, 0.25) is 0 Å². The fourth-order valence-electron chi connectivity index (χ4n) is 3.22. The highest BCUT2D eigenvalue weighted by molar-refractivity contribution is 9.10. The molecule has 6 heteroatoms. The summed E-state index contributed by atoms with van der Waals surface area (Å²) in [5.74, 6) is -1.31. The Morgan fingerprint density at radius 3 is 2.58 bits per heavy atom. The lowest BCUT2D eigenvalue weighted by Gasteiger charge is -2.39. The van der Waals surface area contributed by atoms with Crippen molar-refractivity contribution in [2.24, 2.45) is 0 Å². The smallest absolute Gasteiger partial charge is 0.336 e. The Kier molecular flexibility index (Phi) is 5.44. The summed E-state index contributed by atoms with van der Waals surface area (Å²) in [5, 5.41) is 9.78. The van der Waals surface area contributed by atoms with Crippen LogP contribution < -0.4 is 4.90 Å². The Morgan fingerprint density at radius 2 is 1.96 bits per heavy atom. The Morgan fingerprint density at radius 1 is 1.27 bits per heavy atom. The molecule has 0 fully saturated rings. The van der Waals surface area contributed by atoms with E-state index in [2.05, 4.69) is 15.9 Å². The minimum absolute atomic E-state index is 0.226. The number of carbonyl (C=O) groups is 1. The van der Waals surface area contributed by atoms with Gasteiger partial charge < -0.3 is 14.7 Å². The second kappa shape index (κ2) is 7.60. The van der Waals surface area contributed by atoms with Crippen molar-refractivity contribution in [3.05, 3.63) is 69.5 Å². The second-order valence-corrected chi connectivity index (χ2v) is 6.98. The van der Waals surface area contributed by atoms with Gasteiger partial charge in [0.1, 0.15) is 5.82 Å². The van der Waals surface area contributed by atoms with Gasteiger partial charge >= 0.3 is 5.97 Å². The molecule has 0 saturated carbocycles. The summed E-state index contributed by atoms with van der Waals surface area (Å²) in [4.78, 5) is 13.9. The zero-order valence-corrected chi connectivity index (χ0v) is 16.1. The zero-order chi connectivity index (χ0) is 18.8. The van der Waals surface area contributed by atoms with Crippen molar-refractivity contribution < 1.29 is 19.0 Å². The van der Waals surface area contributed by atoms with E-state index in [1.54, 1.807) is 19.1 Å². The van der Waals surface area contributed by atoms with E-state index >= 15 is 0 Å². The standard InChI is InChI=1S/C20H19BrFNO3/c1-3-26-19-18(20(24)25)12(2)16-9-6-14(21)10-17(16)23(19)11-13-4-7-15(22)8-5-13/h4-10,19H,3,11H2,1-2H3,(H,24,25). The molecule has 1 unspecified atom stereocenters. The number of benzene rings is 2. The molecular weight excluding hydrogens is 401 g/mol. The summed E-state index contributed by atoms with van der Waals surface area (Å²) in [5.41, 5.74) is 3.51. The molecule has 0 amide bonds. The molecule has 0 radical (unpaired) electrons. The molecule has 0 aromatic heterocycles.